The van der Waals surface area contributed by atoms with E-state index in [1.54, 1.807) is 12.1 Å². The molecule has 144 valence electrons. The van der Waals surface area contributed by atoms with E-state index < -0.39 is 10.0 Å². The highest BCUT2D eigenvalue weighted by molar-refractivity contribution is 7.89. The molecule has 1 saturated heterocycles. The topological polar surface area (TPSA) is 69.7 Å². The molecule has 3 rings (SSSR count). The van der Waals surface area contributed by atoms with E-state index in [9.17, 15) is 13.2 Å². The highest BCUT2D eigenvalue weighted by Crippen LogP contribution is 2.16. The first kappa shape index (κ1) is 19.5. The van der Waals surface area contributed by atoms with Crippen LogP contribution in [-0.2, 0) is 16.6 Å². The smallest absolute Gasteiger partial charge is 0.251 e. The summed E-state index contributed by atoms with van der Waals surface area (Å²) in [7, 11) is -0.517. The van der Waals surface area contributed by atoms with Crippen molar-refractivity contribution in [1.82, 2.24) is 14.5 Å². The van der Waals surface area contributed by atoms with Gasteiger partial charge in [-0.2, -0.15) is 0 Å². The summed E-state index contributed by atoms with van der Waals surface area (Å²) in [6, 6.07) is 16.4. The number of nitrogens with zero attached hydrogens (tertiary/aromatic N) is 2. The van der Waals surface area contributed by atoms with Crippen LogP contribution in [0.15, 0.2) is 59.5 Å². The van der Waals surface area contributed by atoms with Gasteiger partial charge in [-0.25, -0.2) is 12.7 Å². The molecule has 1 aliphatic heterocycles. The first-order valence-electron chi connectivity index (χ1n) is 8.96. The second-order valence-electron chi connectivity index (χ2n) is 6.99. The van der Waals surface area contributed by atoms with Crippen LogP contribution in [0.4, 0.5) is 0 Å². The molecule has 0 radical (unpaired) electrons. The van der Waals surface area contributed by atoms with Gasteiger partial charge in [-0.15, -0.1) is 0 Å². The zero-order chi connectivity index (χ0) is 19.4. The Balaban J connectivity index is 1.56. The number of carbonyl (C=O) groups is 1. The van der Waals surface area contributed by atoms with Crippen LogP contribution >= 0.6 is 0 Å². The minimum Gasteiger partial charge on any atom is -0.348 e. The third-order valence-corrected chi connectivity index (χ3v) is 6.58. The molecule has 1 atom stereocenters. The van der Waals surface area contributed by atoms with Crippen molar-refractivity contribution in [2.75, 3.05) is 27.2 Å². The van der Waals surface area contributed by atoms with Crippen molar-refractivity contribution in [3.05, 3.63) is 65.7 Å². The maximum atomic E-state index is 12.5. The molecule has 0 bridgehead atoms. The molecule has 1 heterocycles. The van der Waals surface area contributed by atoms with E-state index in [0.29, 0.717) is 5.56 Å². The molecule has 6 nitrogen and oxygen atoms in total. The number of sulfonamides is 1. The number of rotatable bonds is 6. The van der Waals surface area contributed by atoms with E-state index >= 15 is 0 Å². The fraction of sp³-hybridized carbons (Fsp3) is 0.350. The number of hydrogen-bond acceptors (Lipinski definition) is 4. The lowest BCUT2D eigenvalue weighted by Crippen LogP contribution is -2.37. The average Bonchev–Trinajstić information content (AvgIpc) is 3.09. The molecule has 7 heteroatoms. The number of carbonyl (C=O) groups excluding carboxylic acids is 1. The molecular weight excluding hydrogens is 362 g/mol. The van der Waals surface area contributed by atoms with Crippen molar-refractivity contribution in [3.63, 3.8) is 0 Å². The quantitative estimate of drug-likeness (QED) is 0.822. The Morgan fingerprint density at radius 2 is 1.78 bits per heavy atom. The summed E-state index contributed by atoms with van der Waals surface area (Å²) in [6.07, 6.45) is 0.908. The number of benzene rings is 2. The van der Waals surface area contributed by atoms with Gasteiger partial charge in [0.2, 0.25) is 10.0 Å². The molecule has 2 aromatic rings. The van der Waals surface area contributed by atoms with E-state index in [-0.39, 0.29) is 16.8 Å². The lowest BCUT2D eigenvalue weighted by atomic mass is 10.2. The number of hydrogen-bond donors (Lipinski definition) is 1. The molecule has 27 heavy (non-hydrogen) atoms. The first-order valence-corrected chi connectivity index (χ1v) is 10.4. The van der Waals surface area contributed by atoms with Crippen LogP contribution in [0.3, 0.4) is 0 Å². The summed E-state index contributed by atoms with van der Waals surface area (Å²) in [5.41, 5.74) is 1.73. The highest BCUT2D eigenvalue weighted by Gasteiger charge is 2.24. The van der Waals surface area contributed by atoms with Gasteiger partial charge in [0.1, 0.15) is 0 Å². The molecule has 2 aromatic carbocycles. The zero-order valence-corrected chi connectivity index (χ0v) is 16.4. The van der Waals surface area contributed by atoms with Crippen LogP contribution < -0.4 is 5.32 Å². The van der Waals surface area contributed by atoms with Gasteiger partial charge in [0.15, 0.2) is 0 Å². The second-order valence-corrected chi connectivity index (χ2v) is 9.14. The van der Waals surface area contributed by atoms with Crippen LogP contribution in [0.1, 0.15) is 22.3 Å². The third-order valence-electron chi connectivity index (χ3n) is 4.75. The molecular formula is C20H25N3O3S. The average molecular weight is 388 g/mol. The Labute approximate surface area is 160 Å². The Morgan fingerprint density at radius 3 is 2.41 bits per heavy atom. The summed E-state index contributed by atoms with van der Waals surface area (Å²) < 4.78 is 25.4. The van der Waals surface area contributed by atoms with Gasteiger partial charge in [-0.3, -0.25) is 9.69 Å². The van der Waals surface area contributed by atoms with E-state index in [2.05, 4.69) is 22.3 Å². The molecule has 1 aliphatic rings. The summed E-state index contributed by atoms with van der Waals surface area (Å²) in [5.74, 6) is -0.171. The molecule has 1 amide bonds. The van der Waals surface area contributed by atoms with Crippen LogP contribution in [-0.4, -0.2) is 56.8 Å². The van der Waals surface area contributed by atoms with Crippen molar-refractivity contribution in [2.24, 2.45) is 0 Å². The third kappa shape index (κ3) is 4.74. The minimum absolute atomic E-state index is 0.103. The number of nitrogens with one attached hydrogen (secondary N) is 1. The SMILES string of the molecule is CN(C)S(=O)(=O)c1ccc(C(=O)N[C@@H]2CCN(Cc3ccccc3)C2)cc1. The fourth-order valence-corrected chi connectivity index (χ4v) is 4.10. The number of likely N-dealkylation sites (tertiary alicyclic amines) is 1. The summed E-state index contributed by atoms with van der Waals surface area (Å²) in [6.45, 7) is 2.64. The molecule has 0 unspecified atom stereocenters. The van der Waals surface area contributed by atoms with Crippen LogP contribution in [0.25, 0.3) is 0 Å². The van der Waals surface area contributed by atoms with Crippen molar-refractivity contribution in [2.45, 2.75) is 23.9 Å². The maximum Gasteiger partial charge on any atom is 0.251 e. The van der Waals surface area contributed by atoms with Crippen LogP contribution in [0.5, 0.6) is 0 Å². The van der Waals surface area contributed by atoms with Crippen molar-refractivity contribution < 1.29 is 13.2 Å². The maximum absolute atomic E-state index is 12.5. The Bertz CT molecular complexity index is 880. The van der Waals surface area contributed by atoms with Crippen molar-refractivity contribution >= 4 is 15.9 Å². The predicted molar refractivity (Wildman–Crippen MR) is 105 cm³/mol. The Kier molecular flexibility index (Phi) is 5.94. The Morgan fingerprint density at radius 1 is 1.11 bits per heavy atom. The Hall–Kier alpha value is -2.22. The highest BCUT2D eigenvalue weighted by atomic mass is 32.2. The lowest BCUT2D eigenvalue weighted by Gasteiger charge is -2.17. The van der Waals surface area contributed by atoms with E-state index in [1.165, 1.54) is 31.8 Å². The van der Waals surface area contributed by atoms with Gasteiger partial charge in [0, 0.05) is 45.3 Å². The molecule has 0 saturated carbocycles. The van der Waals surface area contributed by atoms with Gasteiger partial charge in [0.05, 0.1) is 4.90 Å². The van der Waals surface area contributed by atoms with Crippen molar-refractivity contribution in [1.29, 1.82) is 0 Å². The molecule has 0 aromatic heterocycles. The molecule has 0 aliphatic carbocycles. The van der Waals surface area contributed by atoms with Gasteiger partial charge in [-0.1, -0.05) is 30.3 Å². The molecule has 1 N–H and O–H groups in total. The van der Waals surface area contributed by atoms with E-state index in [4.69, 9.17) is 0 Å². The van der Waals surface area contributed by atoms with Crippen molar-refractivity contribution in [3.8, 4) is 0 Å². The predicted octanol–water partition coefficient (Wildman–Crippen LogP) is 1.94. The largest absolute Gasteiger partial charge is 0.348 e. The van der Waals surface area contributed by atoms with E-state index in [1.807, 2.05) is 18.2 Å². The minimum atomic E-state index is -3.48. The van der Waals surface area contributed by atoms with Crippen LogP contribution in [0.2, 0.25) is 0 Å². The normalized spacial score (nSPS) is 18.0. The monoisotopic (exact) mass is 387 g/mol. The lowest BCUT2D eigenvalue weighted by molar-refractivity contribution is 0.0937. The number of amides is 1. The second kappa shape index (κ2) is 8.21. The summed E-state index contributed by atoms with van der Waals surface area (Å²) >= 11 is 0. The standard InChI is InChI=1S/C20H25N3O3S/c1-22(2)27(25,26)19-10-8-17(9-11-19)20(24)21-18-12-13-23(15-18)14-16-6-4-3-5-7-16/h3-11,18H,12-15H2,1-2H3,(H,21,24)/t18-/m1/s1. The van der Waals surface area contributed by atoms with E-state index in [0.717, 1.165) is 30.4 Å². The van der Waals surface area contributed by atoms with Gasteiger partial charge in [-0.05, 0) is 36.2 Å². The molecule has 0 spiro atoms. The van der Waals surface area contributed by atoms with Crippen LogP contribution in [0, 0.1) is 0 Å². The van der Waals surface area contributed by atoms with Gasteiger partial charge >= 0.3 is 0 Å². The van der Waals surface area contributed by atoms with Gasteiger partial charge < -0.3 is 5.32 Å². The van der Waals surface area contributed by atoms with Gasteiger partial charge in [0.25, 0.3) is 5.91 Å². The fourth-order valence-electron chi connectivity index (χ4n) is 3.19. The summed E-state index contributed by atoms with van der Waals surface area (Å²) in [5, 5.41) is 3.05. The molecule has 1 fully saturated rings. The summed E-state index contributed by atoms with van der Waals surface area (Å²) in [4.78, 5) is 15.0. The zero-order valence-electron chi connectivity index (χ0n) is 15.6. The first-order chi connectivity index (χ1) is 12.9.